The van der Waals surface area contributed by atoms with Crippen LogP contribution < -0.4 is 10.1 Å². The van der Waals surface area contributed by atoms with Crippen LogP contribution in [-0.2, 0) is 33.6 Å². The predicted octanol–water partition coefficient (Wildman–Crippen LogP) is 0.361. The van der Waals surface area contributed by atoms with Crippen molar-refractivity contribution in [1.29, 1.82) is 0 Å². The molecule has 48 heavy (non-hydrogen) atoms. The lowest BCUT2D eigenvalue weighted by atomic mass is 9.99. The van der Waals surface area contributed by atoms with E-state index in [9.17, 15) is 30.0 Å². The van der Waals surface area contributed by atoms with Crippen LogP contribution >= 0.6 is 0 Å². The molecule has 0 aliphatic carbocycles. The Morgan fingerprint density at radius 2 is 1.60 bits per heavy atom. The minimum absolute atomic E-state index is 0.0943. The molecule has 1 aromatic heterocycles. The monoisotopic (exact) mass is 669 g/mol. The molecular weight excluding hydrogens is 622 g/mol. The van der Waals surface area contributed by atoms with Gasteiger partial charge in [-0.05, 0) is 56.4 Å². The number of rotatable bonds is 13. The van der Waals surface area contributed by atoms with Crippen molar-refractivity contribution in [1.82, 2.24) is 15.1 Å². The lowest BCUT2D eigenvalue weighted by Crippen LogP contribution is -2.60. The summed E-state index contributed by atoms with van der Waals surface area (Å²) >= 11 is 0. The van der Waals surface area contributed by atoms with E-state index < -0.39 is 42.9 Å². The van der Waals surface area contributed by atoms with Crippen LogP contribution in [0, 0.1) is 0 Å². The summed E-state index contributed by atoms with van der Waals surface area (Å²) in [6.07, 6.45) is -3.22. The van der Waals surface area contributed by atoms with Crippen molar-refractivity contribution >= 4 is 22.8 Å². The van der Waals surface area contributed by atoms with Gasteiger partial charge in [-0.3, -0.25) is 14.5 Å². The van der Waals surface area contributed by atoms with E-state index in [2.05, 4.69) is 10.2 Å². The van der Waals surface area contributed by atoms with Crippen LogP contribution in [0.4, 0.5) is 0 Å². The Labute approximate surface area is 279 Å². The number of fused-ring (bicyclic) bond motifs is 1. The van der Waals surface area contributed by atoms with E-state index in [4.69, 9.17) is 19.0 Å². The number of benzene rings is 2. The summed E-state index contributed by atoms with van der Waals surface area (Å²) < 4.78 is 17.2. The summed E-state index contributed by atoms with van der Waals surface area (Å²) in [4.78, 5) is 29.8. The smallest absolute Gasteiger partial charge is 0.247 e. The SMILES string of the molecule is CC(C)(NC(=O)CCc1ccc(CCc2coc3cccc(O[C@@H]4O[C@H](CO)[C@@H](O)[C@H](O)[C@H]4O)c23)cc1)C(=O)N1CCN(CCO)CC1. The summed E-state index contributed by atoms with van der Waals surface area (Å²) in [5.41, 5.74) is 2.51. The van der Waals surface area contributed by atoms with Crippen molar-refractivity contribution in [2.75, 3.05) is 45.9 Å². The molecule has 2 aliphatic rings. The number of carbonyl (C=O) groups is 2. The van der Waals surface area contributed by atoms with E-state index >= 15 is 0 Å². The van der Waals surface area contributed by atoms with Crippen LogP contribution in [0.2, 0.25) is 0 Å². The number of aliphatic hydroxyl groups excluding tert-OH is 5. The van der Waals surface area contributed by atoms with Crippen molar-refractivity contribution < 1.29 is 49.0 Å². The minimum atomic E-state index is -1.55. The Hall–Kier alpha value is -3.56. The first-order valence-electron chi connectivity index (χ1n) is 16.5. The molecule has 2 aromatic carbocycles. The largest absolute Gasteiger partial charge is 0.464 e. The minimum Gasteiger partial charge on any atom is -0.464 e. The average Bonchev–Trinajstić information content (AvgIpc) is 3.51. The molecule has 0 saturated carbocycles. The second-order valence-corrected chi connectivity index (χ2v) is 13.1. The van der Waals surface area contributed by atoms with Gasteiger partial charge < -0.3 is 49.6 Å². The number of hydrogen-bond donors (Lipinski definition) is 6. The lowest BCUT2D eigenvalue weighted by molar-refractivity contribution is -0.277. The van der Waals surface area contributed by atoms with Crippen LogP contribution in [0.5, 0.6) is 5.75 Å². The molecule has 0 radical (unpaired) electrons. The second-order valence-electron chi connectivity index (χ2n) is 13.1. The molecule has 13 heteroatoms. The highest BCUT2D eigenvalue weighted by atomic mass is 16.7. The van der Waals surface area contributed by atoms with Gasteiger partial charge in [0.15, 0.2) is 0 Å². The molecule has 5 atom stereocenters. The Balaban J connectivity index is 1.13. The Morgan fingerprint density at radius 1 is 0.917 bits per heavy atom. The third-order valence-electron chi connectivity index (χ3n) is 9.14. The fraction of sp³-hybridized carbons (Fsp3) is 0.543. The first-order chi connectivity index (χ1) is 23.0. The summed E-state index contributed by atoms with van der Waals surface area (Å²) in [6, 6.07) is 13.2. The first-order valence-corrected chi connectivity index (χ1v) is 16.5. The van der Waals surface area contributed by atoms with Crippen molar-refractivity contribution in [3.8, 4) is 5.75 Å². The van der Waals surface area contributed by atoms with Gasteiger partial charge in [-0.1, -0.05) is 30.3 Å². The van der Waals surface area contributed by atoms with E-state index in [-0.39, 0.29) is 24.8 Å². The number of aliphatic hydroxyl groups is 5. The molecule has 2 fully saturated rings. The second kappa shape index (κ2) is 15.8. The highest BCUT2D eigenvalue weighted by Gasteiger charge is 2.45. The maximum absolute atomic E-state index is 13.1. The number of nitrogens with zero attached hydrogens (tertiary/aromatic N) is 2. The van der Waals surface area contributed by atoms with Gasteiger partial charge in [0.25, 0.3) is 0 Å². The van der Waals surface area contributed by atoms with Gasteiger partial charge in [-0.25, -0.2) is 0 Å². The zero-order valence-corrected chi connectivity index (χ0v) is 27.5. The van der Waals surface area contributed by atoms with Crippen LogP contribution in [0.15, 0.2) is 53.1 Å². The van der Waals surface area contributed by atoms with E-state index in [1.807, 2.05) is 24.3 Å². The number of amides is 2. The normalized spacial score (nSPS) is 23.7. The number of β-amino-alcohol motifs (C(OH)–C–C–N with tert-alkyl or cyclic N) is 1. The molecule has 0 bridgehead atoms. The van der Waals surface area contributed by atoms with Crippen LogP contribution in [0.3, 0.4) is 0 Å². The maximum atomic E-state index is 13.1. The summed E-state index contributed by atoms with van der Waals surface area (Å²) in [5, 5.41) is 53.0. The first kappa shape index (κ1) is 35.7. The van der Waals surface area contributed by atoms with Crippen LogP contribution in [0.1, 0.15) is 37.0 Å². The standard InChI is InChI=1S/C35H47N3O10/c1-35(2,34(45)38-16-14-37(15-17-38)18-19-39)36-28(41)13-11-23-8-6-22(7-9-23)10-12-24-21-46-25-4-3-5-26(29(24)25)47-33-32(44)31(43)30(42)27(20-40)48-33/h3-9,21,27,30-33,39-40,42-44H,10-20H2,1-2H3,(H,36,41)/t27-,30-,31+,32-,33-/m1/s1. The Bertz CT molecular complexity index is 1520. The zero-order valence-electron chi connectivity index (χ0n) is 27.5. The molecule has 5 rings (SSSR count). The van der Waals surface area contributed by atoms with Crippen LogP contribution in [0.25, 0.3) is 11.0 Å². The van der Waals surface area contributed by atoms with Crippen LogP contribution in [-0.4, -0.2) is 129 Å². The molecular formula is C35H47N3O10. The van der Waals surface area contributed by atoms with Gasteiger partial charge in [0.05, 0.1) is 24.9 Å². The fourth-order valence-corrected chi connectivity index (χ4v) is 6.28. The number of ether oxygens (including phenoxy) is 2. The number of furan rings is 1. The molecule has 0 spiro atoms. The number of carbonyl (C=O) groups excluding carboxylic acids is 2. The average molecular weight is 670 g/mol. The predicted molar refractivity (Wildman–Crippen MR) is 175 cm³/mol. The van der Waals surface area contributed by atoms with Crippen molar-refractivity contribution in [2.24, 2.45) is 0 Å². The van der Waals surface area contributed by atoms with E-state index in [0.717, 1.165) is 16.7 Å². The zero-order chi connectivity index (χ0) is 34.4. The van der Waals surface area contributed by atoms with Crippen molar-refractivity contribution in [3.63, 3.8) is 0 Å². The number of nitrogens with one attached hydrogen (secondary N) is 1. The molecule has 262 valence electrons. The molecule has 2 amide bonds. The summed E-state index contributed by atoms with van der Waals surface area (Å²) in [7, 11) is 0. The van der Waals surface area contributed by atoms with Crippen molar-refractivity contribution in [2.45, 2.75) is 75.8 Å². The third kappa shape index (κ3) is 8.35. The Morgan fingerprint density at radius 3 is 2.27 bits per heavy atom. The third-order valence-corrected chi connectivity index (χ3v) is 9.14. The van der Waals surface area contributed by atoms with Gasteiger partial charge in [0.2, 0.25) is 18.1 Å². The number of piperazine rings is 1. The molecule has 2 saturated heterocycles. The molecule has 6 N–H and O–H groups in total. The van der Waals surface area contributed by atoms with Gasteiger partial charge in [0, 0.05) is 44.7 Å². The molecule has 0 unspecified atom stereocenters. The quantitative estimate of drug-likeness (QED) is 0.148. The van der Waals surface area contributed by atoms with E-state index in [1.54, 1.807) is 43.2 Å². The number of aryl methyl sites for hydroxylation is 3. The topological polar surface area (TPSA) is 185 Å². The number of hydrogen-bond acceptors (Lipinski definition) is 11. The van der Waals surface area contributed by atoms with E-state index in [0.29, 0.717) is 68.7 Å². The van der Waals surface area contributed by atoms with Crippen molar-refractivity contribution in [3.05, 3.63) is 65.4 Å². The van der Waals surface area contributed by atoms with E-state index in [1.165, 1.54) is 0 Å². The Kier molecular flexibility index (Phi) is 11.7. The molecule has 2 aliphatic heterocycles. The molecule has 3 heterocycles. The van der Waals surface area contributed by atoms with Gasteiger partial charge in [0.1, 0.15) is 41.3 Å². The maximum Gasteiger partial charge on any atom is 0.247 e. The van der Waals surface area contributed by atoms with Gasteiger partial charge >= 0.3 is 0 Å². The lowest BCUT2D eigenvalue weighted by Gasteiger charge is -2.39. The van der Waals surface area contributed by atoms with Gasteiger partial charge in [-0.2, -0.15) is 0 Å². The molecule has 13 nitrogen and oxygen atoms in total. The summed E-state index contributed by atoms with van der Waals surface area (Å²) in [6.45, 7) is 6.14. The summed E-state index contributed by atoms with van der Waals surface area (Å²) in [5.74, 6) is 0.0754. The molecule has 3 aromatic rings. The highest BCUT2D eigenvalue weighted by molar-refractivity contribution is 5.91. The highest BCUT2D eigenvalue weighted by Crippen LogP contribution is 2.34. The van der Waals surface area contributed by atoms with Gasteiger partial charge in [-0.15, -0.1) is 0 Å². The fourth-order valence-electron chi connectivity index (χ4n) is 6.28.